The Bertz CT molecular complexity index is 714. The Hall–Kier alpha value is -1.89. The zero-order chi connectivity index (χ0) is 13.4. The molecule has 94 valence electrons. The number of carbonyl (C=O) groups is 2. The molecule has 1 aromatic carbocycles. The summed E-state index contributed by atoms with van der Waals surface area (Å²) in [4.78, 5) is 34.2. The SMILES string of the molecule is CC(=O)n1c(=O)n(CC(=O)O)c2ccc(Br)cc21. The first kappa shape index (κ1) is 12.6. The molecule has 0 saturated carbocycles. The van der Waals surface area contributed by atoms with Crippen LogP contribution in [-0.2, 0) is 11.3 Å². The van der Waals surface area contributed by atoms with Crippen LogP contribution in [0.5, 0.6) is 0 Å². The van der Waals surface area contributed by atoms with Crippen LogP contribution in [0.25, 0.3) is 11.0 Å². The number of benzene rings is 1. The smallest absolute Gasteiger partial charge is 0.336 e. The van der Waals surface area contributed by atoms with E-state index in [2.05, 4.69) is 15.9 Å². The number of aromatic nitrogens is 2. The number of halogens is 1. The van der Waals surface area contributed by atoms with Crippen molar-refractivity contribution in [3.05, 3.63) is 33.2 Å². The lowest BCUT2D eigenvalue weighted by Gasteiger charge is -1.98. The van der Waals surface area contributed by atoms with Crippen molar-refractivity contribution in [2.24, 2.45) is 0 Å². The normalized spacial score (nSPS) is 10.8. The van der Waals surface area contributed by atoms with Crippen molar-refractivity contribution < 1.29 is 14.7 Å². The summed E-state index contributed by atoms with van der Waals surface area (Å²) < 4.78 is 2.73. The highest BCUT2D eigenvalue weighted by molar-refractivity contribution is 9.10. The minimum absolute atomic E-state index is 0.392. The summed E-state index contributed by atoms with van der Waals surface area (Å²) in [6, 6.07) is 4.89. The molecule has 2 rings (SSSR count). The average molecular weight is 313 g/mol. The van der Waals surface area contributed by atoms with Crippen LogP contribution in [0.4, 0.5) is 0 Å². The van der Waals surface area contributed by atoms with E-state index in [4.69, 9.17) is 5.11 Å². The lowest BCUT2D eigenvalue weighted by atomic mass is 10.3. The summed E-state index contributed by atoms with van der Waals surface area (Å²) in [5.74, 6) is -1.59. The number of carboxylic acids is 1. The van der Waals surface area contributed by atoms with E-state index < -0.39 is 24.1 Å². The van der Waals surface area contributed by atoms with Gasteiger partial charge in [0.25, 0.3) is 0 Å². The van der Waals surface area contributed by atoms with Gasteiger partial charge in [0.2, 0.25) is 5.91 Å². The van der Waals surface area contributed by atoms with Gasteiger partial charge in [-0.2, -0.15) is 0 Å². The van der Waals surface area contributed by atoms with Crippen molar-refractivity contribution in [2.45, 2.75) is 13.5 Å². The molecule has 0 bridgehead atoms. The molecular weight excluding hydrogens is 304 g/mol. The number of aliphatic carboxylic acids is 1. The predicted molar refractivity (Wildman–Crippen MR) is 67.8 cm³/mol. The fraction of sp³-hybridized carbons (Fsp3) is 0.182. The minimum atomic E-state index is -1.14. The van der Waals surface area contributed by atoms with Crippen LogP contribution in [0.3, 0.4) is 0 Å². The molecule has 1 N–H and O–H groups in total. The van der Waals surface area contributed by atoms with E-state index >= 15 is 0 Å². The first-order chi connectivity index (χ1) is 8.41. The molecule has 0 saturated heterocycles. The van der Waals surface area contributed by atoms with E-state index in [-0.39, 0.29) is 0 Å². The quantitative estimate of drug-likeness (QED) is 0.906. The highest BCUT2D eigenvalue weighted by atomic mass is 79.9. The molecule has 6 nitrogen and oxygen atoms in total. The van der Waals surface area contributed by atoms with Gasteiger partial charge < -0.3 is 5.11 Å². The number of hydrogen-bond donors (Lipinski definition) is 1. The Morgan fingerprint density at radius 2 is 2.00 bits per heavy atom. The number of carboxylic acid groups (broad SMARTS) is 1. The van der Waals surface area contributed by atoms with Gasteiger partial charge >= 0.3 is 11.7 Å². The molecule has 0 aliphatic carbocycles. The third-order valence-corrected chi connectivity index (χ3v) is 2.99. The number of carbonyl (C=O) groups excluding carboxylic acids is 1. The second kappa shape index (κ2) is 4.41. The predicted octanol–water partition coefficient (Wildman–Crippen LogP) is 1.31. The van der Waals surface area contributed by atoms with Gasteiger partial charge in [-0.05, 0) is 18.2 Å². The summed E-state index contributed by atoms with van der Waals surface area (Å²) in [5, 5.41) is 8.79. The van der Waals surface area contributed by atoms with E-state index in [1.54, 1.807) is 18.2 Å². The number of hydrogen-bond acceptors (Lipinski definition) is 3. The van der Waals surface area contributed by atoms with Gasteiger partial charge in [-0.3, -0.25) is 14.2 Å². The van der Waals surface area contributed by atoms with Crippen molar-refractivity contribution in [3.63, 3.8) is 0 Å². The van der Waals surface area contributed by atoms with E-state index in [1.165, 1.54) is 6.92 Å². The van der Waals surface area contributed by atoms with E-state index in [0.29, 0.717) is 15.5 Å². The van der Waals surface area contributed by atoms with E-state index in [9.17, 15) is 14.4 Å². The molecule has 0 aliphatic heterocycles. The number of imidazole rings is 1. The summed E-state index contributed by atoms with van der Waals surface area (Å²) in [7, 11) is 0. The van der Waals surface area contributed by atoms with E-state index in [1.807, 2.05) is 0 Å². The molecule has 0 fully saturated rings. The Morgan fingerprint density at radius 1 is 1.33 bits per heavy atom. The molecule has 7 heteroatoms. The zero-order valence-electron chi connectivity index (χ0n) is 9.38. The third kappa shape index (κ3) is 1.97. The molecule has 0 unspecified atom stereocenters. The Labute approximate surface area is 110 Å². The van der Waals surface area contributed by atoms with Crippen LogP contribution in [0, 0.1) is 0 Å². The van der Waals surface area contributed by atoms with Gasteiger partial charge in [0.05, 0.1) is 11.0 Å². The molecule has 0 spiro atoms. The second-order valence-electron chi connectivity index (χ2n) is 3.75. The van der Waals surface area contributed by atoms with Crippen LogP contribution in [0.2, 0.25) is 0 Å². The van der Waals surface area contributed by atoms with E-state index in [0.717, 1.165) is 9.13 Å². The molecule has 1 heterocycles. The second-order valence-corrected chi connectivity index (χ2v) is 4.67. The monoisotopic (exact) mass is 312 g/mol. The van der Waals surface area contributed by atoms with Crippen molar-refractivity contribution in [3.8, 4) is 0 Å². The molecule has 1 aromatic heterocycles. The van der Waals surface area contributed by atoms with Crippen molar-refractivity contribution in [1.29, 1.82) is 0 Å². The Kier molecular flexibility index (Phi) is 3.08. The van der Waals surface area contributed by atoms with Crippen LogP contribution in [0.1, 0.15) is 11.7 Å². The molecule has 18 heavy (non-hydrogen) atoms. The molecule has 2 aromatic rings. The van der Waals surface area contributed by atoms with Crippen LogP contribution in [0.15, 0.2) is 27.5 Å². The van der Waals surface area contributed by atoms with Crippen molar-refractivity contribution >= 4 is 38.8 Å². The summed E-state index contributed by atoms with van der Waals surface area (Å²) >= 11 is 3.25. The standard InChI is InChI=1S/C11H9BrN2O4/c1-6(15)14-9-4-7(12)2-3-8(9)13(11(14)18)5-10(16)17/h2-4H,5H2,1H3,(H,16,17). The summed E-state index contributed by atoms with van der Waals surface area (Å²) in [6.07, 6.45) is 0. The maximum atomic E-state index is 12.0. The molecule has 0 amide bonds. The Morgan fingerprint density at radius 3 is 2.56 bits per heavy atom. The van der Waals surface area contributed by atoms with Crippen LogP contribution < -0.4 is 5.69 Å². The lowest BCUT2D eigenvalue weighted by Crippen LogP contribution is -2.29. The summed E-state index contributed by atoms with van der Waals surface area (Å²) in [5.41, 5.74) is 0.168. The number of fused-ring (bicyclic) bond motifs is 1. The highest BCUT2D eigenvalue weighted by Crippen LogP contribution is 2.19. The highest BCUT2D eigenvalue weighted by Gasteiger charge is 2.17. The van der Waals surface area contributed by atoms with Gasteiger partial charge in [-0.25, -0.2) is 9.36 Å². The maximum absolute atomic E-state index is 12.0. The number of nitrogens with zero attached hydrogens (tertiary/aromatic N) is 2. The van der Waals surface area contributed by atoms with Gasteiger partial charge in [0, 0.05) is 11.4 Å². The lowest BCUT2D eigenvalue weighted by molar-refractivity contribution is -0.137. The van der Waals surface area contributed by atoms with Crippen LogP contribution in [-0.4, -0.2) is 26.1 Å². The van der Waals surface area contributed by atoms with Crippen molar-refractivity contribution in [2.75, 3.05) is 0 Å². The van der Waals surface area contributed by atoms with Crippen LogP contribution >= 0.6 is 15.9 Å². The fourth-order valence-corrected chi connectivity index (χ4v) is 2.17. The molecule has 0 radical (unpaired) electrons. The Balaban J connectivity index is 2.87. The topological polar surface area (TPSA) is 81.3 Å². The molecule has 0 atom stereocenters. The van der Waals surface area contributed by atoms with Gasteiger partial charge in [0.1, 0.15) is 6.54 Å². The number of rotatable bonds is 2. The van der Waals surface area contributed by atoms with Crippen molar-refractivity contribution in [1.82, 2.24) is 9.13 Å². The van der Waals surface area contributed by atoms with Gasteiger partial charge in [0.15, 0.2) is 0 Å². The zero-order valence-corrected chi connectivity index (χ0v) is 11.0. The van der Waals surface area contributed by atoms with Gasteiger partial charge in [-0.1, -0.05) is 15.9 Å². The molecular formula is C11H9BrN2O4. The first-order valence-electron chi connectivity index (χ1n) is 5.05. The van der Waals surface area contributed by atoms with Gasteiger partial charge in [-0.15, -0.1) is 0 Å². The largest absolute Gasteiger partial charge is 0.480 e. The minimum Gasteiger partial charge on any atom is -0.480 e. The average Bonchev–Trinajstić information content (AvgIpc) is 2.50. The third-order valence-electron chi connectivity index (χ3n) is 2.50. The maximum Gasteiger partial charge on any atom is 0.336 e. The fourth-order valence-electron chi connectivity index (χ4n) is 1.82. The summed E-state index contributed by atoms with van der Waals surface area (Å²) in [6.45, 7) is 0.782. The first-order valence-corrected chi connectivity index (χ1v) is 5.84. The molecule has 0 aliphatic rings.